The predicted molar refractivity (Wildman–Crippen MR) is 193 cm³/mol. The highest BCUT2D eigenvalue weighted by Crippen LogP contribution is 2.40. The maximum atomic E-state index is 13.7. The molecule has 7 atom stereocenters. The summed E-state index contributed by atoms with van der Waals surface area (Å²) < 4.78 is 30.3. The molecule has 5 heterocycles. The van der Waals surface area contributed by atoms with Crippen molar-refractivity contribution in [3.63, 3.8) is 0 Å². The van der Waals surface area contributed by atoms with Gasteiger partial charge in [0.1, 0.15) is 23.8 Å². The van der Waals surface area contributed by atoms with Gasteiger partial charge in [-0.05, 0) is 93.2 Å². The molecule has 5 rings (SSSR count). The Morgan fingerprint density at radius 2 is 1.83 bits per heavy atom. The molecule has 0 saturated carbocycles. The highest BCUT2D eigenvalue weighted by Gasteiger charge is 2.57. The number of cyclic esters (lactones) is 1. The molecule has 286 valence electrons. The second-order valence-electron chi connectivity index (χ2n) is 15.7. The summed E-state index contributed by atoms with van der Waals surface area (Å²) in [6, 6.07) is 3.31. The van der Waals surface area contributed by atoms with Crippen molar-refractivity contribution in [1.29, 1.82) is 0 Å². The maximum absolute atomic E-state index is 13.7. The van der Waals surface area contributed by atoms with E-state index in [-0.39, 0.29) is 31.7 Å². The molecule has 0 spiro atoms. The summed E-state index contributed by atoms with van der Waals surface area (Å²) in [6.07, 6.45) is 4.02. The van der Waals surface area contributed by atoms with Crippen LogP contribution in [0, 0.1) is 23.2 Å². The van der Waals surface area contributed by atoms with Crippen LogP contribution in [0.2, 0.25) is 0 Å². The number of hydrogen-bond acceptors (Lipinski definition) is 11. The molecule has 0 aromatic carbocycles. The number of aliphatic imine (C=N–C) groups is 1. The lowest BCUT2D eigenvalue weighted by molar-refractivity contribution is -0.164. The van der Waals surface area contributed by atoms with Crippen LogP contribution in [0.1, 0.15) is 92.0 Å². The van der Waals surface area contributed by atoms with Gasteiger partial charge in [-0.3, -0.25) is 14.4 Å². The molecule has 0 radical (unpaired) electrons. The number of carbonyl (C=O) groups excluding carboxylic acids is 3. The molecule has 2 saturated heterocycles. The molecule has 12 heteroatoms. The van der Waals surface area contributed by atoms with E-state index in [4.69, 9.17) is 28.7 Å². The van der Waals surface area contributed by atoms with Crippen molar-refractivity contribution in [3.05, 3.63) is 58.0 Å². The number of rotatable bonds is 9. The van der Waals surface area contributed by atoms with E-state index < -0.39 is 60.2 Å². The van der Waals surface area contributed by atoms with E-state index in [0.29, 0.717) is 49.0 Å². The number of H-pyrrole nitrogens is 1. The molecule has 2 fully saturated rings. The van der Waals surface area contributed by atoms with Gasteiger partial charge in [0, 0.05) is 18.7 Å². The van der Waals surface area contributed by atoms with Gasteiger partial charge in [-0.1, -0.05) is 39.3 Å². The van der Waals surface area contributed by atoms with Crippen molar-refractivity contribution in [2.45, 2.75) is 117 Å². The van der Waals surface area contributed by atoms with Crippen molar-refractivity contribution in [2.24, 2.45) is 28.2 Å². The van der Waals surface area contributed by atoms with Gasteiger partial charge in [-0.2, -0.15) is 0 Å². The number of aromatic nitrogens is 1. The second-order valence-corrected chi connectivity index (χ2v) is 15.7. The smallest absolute Gasteiger partial charge is 0.318 e. The Hall–Kier alpha value is -3.74. The lowest BCUT2D eigenvalue weighted by Gasteiger charge is -2.28. The molecule has 1 aromatic rings. The van der Waals surface area contributed by atoms with E-state index in [0.717, 1.165) is 35.3 Å². The zero-order valence-corrected chi connectivity index (χ0v) is 31.6. The number of hydrogen-bond donors (Lipinski definition) is 3. The van der Waals surface area contributed by atoms with E-state index in [9.17, 15) is 24.6 Å². The Bertz CT molecular complexity index is 1600. The number of esters is 3. The van der Waals surface area contributed by atoms with Crippen molar-refractivity contribution < 1.29 is 48.3 Å². The highest BCUT2D eigenvalue weighted by molar-refractivity contribution is 5.94. The van der Waals surface area contributed by atoms with Crippen LogP contribution < -0.4 is 0 Å². The fourth-order valence-corrected chi connectivity index (χ4v) is 7.32. The van der Waals surface area contributed by atoms with Crippen LogP contribution in [-0.2, 0) is 44.5 Å². The minimum atomic E-state index is -1.47. The van der Waals surface area contributed by atoms with Gasteiger partial charge in [0.25, 0.3) is 0 Å². The van der Waals surface area contributed by atoms with Crippen molar-refractivity contribution in [1.82, 2.24) is 4.98 Å². The minimum Gasteiger partial charge on any atom is -0.467 e. The van der Waals surface area contributed by atoms with Crippen LogP contribution in [0.5, 0.6) is 0 Å². The lowest BCUT2D eigenvalue weighted by Crippen LogP contribution is -2.43. The topological polar surface area (TPSA) is 166 Å². The summed E-state index contributed by atoms with van der Waals surface area (Å²) in [5.41, 5.74) is 4.02. The molecule has 0 amide bonds. The Labute approximate surface area is 306 Å². The number of aromatic amines is 1. The second kappa shape index (κ2) is 16.9. The maximum Gasteiger partial charge on any atom is 0.318 e. The number of ether oxygens (including phenoxy) is 5. The SMILES string of the molecule is C/C(CCCO)=C1/COC(CC(C)C)C1=CC1N=C2OC1COC(=O)[C@@H](CC(C)C)CC(=O)OC1C(OC(=O)C1(C)CO)/C(C)=C/Cc1ccc2[nH]1. The quantitative estimate of drug-likeness (QED) is 0.181. The number of allylic oxidation sites excluding steroid dienone is 2. The monoisotopic (exact) mass is 724 g/mol. The van der Waals surface area contributed by atoms with Crippen LogP contribution in [0.3, 0.4) is 0 Å². The molecule has 4 bridgehead atoms. The lowest BCUT2D eigenvalue weighted by atomic mass is 9.83. The molecule has 0 aliphatic carbocycles. The molecule has 1 aromatic heterocycles. The van der Waals surface area contributed by atoms with Gasteiger partial charge in [-0.25, -0.2) is 4.99 Å². The normalized spacial score (nSPS) is 32.8. The Kier molecular flexibility index (Phi) is 12.9. The predicted octanol–water partition coefficient (Wildman–Crippen LogP) is 4.92. The summed E-state index contributed by atoms with van der Waals surface area (Å²) in [6.45, 7) is 13.5. The van der Waals surface area contributed by atoms with Crippen LogP contribution >= 0.6 is 0 Å². The largest absolute Gasteiger partial charge is 0.467 e. The number of fused-ring (bicyclic) bond motifs is 6. The molecule has 4 aliphatic rings. The van der Waals surface area contributed by atoms with Crippen molar-refractivity contribution in [3.8, 4) is 0 Å². The van der Waals surface area contributed by atoms with Gasteiger partial charge >= 0.3 is 17.9 Å². The molecule has 52 heavy (non-hydrogen) atoms. The van der Waals surface area contributed by atoms with Gasteiger partial charge < -0.3 is 38.9 Å². The van der Waals surface area contributed by atoms with Crippen molar-refractivity contribution >= 4 is 23.8 Å². The summed E-state index contributed by atoms with van der Waals surface area (Å²) in [4.78, 5) is 48.6. The molecule has 3 N–H and O–H groups in total. The molecular formula is C40H56N2O10. The van der Waals surface area contributed by atoms with E-state index in [2.05, 4.69) is 31.8 Å². The summed E-state index contributed by atoms with van der Waals surface area (Å²) in [7, 11) is 0. The first-order valence-electron chi connectivity index (χ1n) is 18.6. The average Bonchev–Trinajstić information content (AvgIpc) is 3.87. The van der Waals surface area contributed by atoms with E-state index in [1.807, 2.05) is 32.1 Å². The number of nitrogens with zero attached hydrogens (tertiary/aromatic N) is 1. The van der Waals surface area contributed by atoms with Crippen LogP contribution in [-0.4, -0.2) is 95.9 Å². The fourth-order valence-electron chi connectivity index (χ4n) is 7.32. The summed E-state index contributed by atoms with van der Waals surface area (Å²) in [5.74, 6) is -1.86. The summed E-state index contributed by atoms with van der Waals surface area (Å²) in [5, 5.41) is 19.7. The standard InChI is InChI=1S/C40H56N2O10/c1-22(2)15-26-17-34(45)51-36-35(52-39(47)40(36,7)21-44)25(6)10-11-27-12-13-30(41-27)37-42-31(33(50-37)20-49-38(26)46)18-28-29(24(5)9-8-14-43)19-48-32(28)16-23(3)4/h10,12-13,18,22-23,26,31-33,35-36,41,43-44H,8-9,11,14-17,19-21H2,1-7H3/b25-10+,28-18?,29-24+/t26-,31?,32?,33?,35?,36?,40?/m0/s1. The average molecular weight is 725 g/mol. The number of aliphatic hydroxyl groups is 2. The fraction of sp³-hybridized carbons (Fsp3) is 0.650. The van der Waals surface area contributed by atoms with Crippen LogP contribution in [0.15, 0.2) is 51.6 Å². The third-order valence-corrected chi connectivity index (χ3v) is 10.4. The minimum absolute atomic E-state index is 0.0667. The third kappa shape index (κ3) is 8.89. The number of nitrogens with one attached hydrogen (secondary N) is 1. The van der Waals surface area contributed by atoms with Gasteiger partial charge in [-0.15, -0.1) is 0 Å². The van der Waals surface area contributed by atoms with E-state index in [1.165, 1.54) is 6.92 Å². The van der Waals surface area contributed by atoms with Gasteiger partial charge in [0.15, 0.2) is 18.3 Å². The van der Waals surface area contributed by atoms with E-state index in [1.54, 1.807) is 6.92 Å². The Balaban J connectivity index is 1.53. The zero-order chi connectivity index (χ0) is 37.7. The van der Waals surface area contributed by atoms with Crippen molar-refractivity contribution in [2.75, 3.05) is 26.4 Å². The third-order valence-electron chi connectivity index (χ3n) is 10.4. The molecular weight excluding hydrogens is 668 g/mol. The van der Waals surface area contributed by atoms with Gasteiger partial charge in [0.2, 0.25) is 5.90 Å². The number of aliphatic hydroxyl groups excluding tert-OH is 2. The van der Waals surface area contributed by atoms with E-state index >= 15 is 0 Å². The Morgan fingerprint density at radius 3 is 2.52 bits per heavy atom. The first-order chi connectivity index (χ1) is 24.7. The van der Waals surface area contributed by atoms with Crippen LogP contribution in [0.4, 0.5) is 0 Å². The molecule has 4 aliphatic heterocycles. The number of carbonyl (C=O) groups is 3. The first-order valence-corrected chi connectivity index (χ1v) is 18.6. The Morgan fingerprint density at radius 1 is 1.08 bits per heavy atom. The molecule has 12 nitrogen and oxygen atoms in total. The highest BCUT2D eigenvalue weighted by atomic mass is 16.6. The summed E-state index contributed by atoms with van der Waals surface area (Å²) >= 11 is 0. The van der Waals surface area contributed by atoms with Gasteiger partial charge in [0.05, 0.1) is 31.7 Å². The van der Waals surface area contributed by atoms with Crippen LogP contribution in [0.25, 0.3) is 0 Å². The first kappa shape index (κ1) is 39.5. The molecule has 6 unspecified atom stereocenters. The zero-order valence-electron chi connectivity index (χ0n) is 31.6.